The molecule has 0 atom stereocenters. The third kappa shape index (κ3) is 6.11. The van der Waals surface area contributed by atoms with E-state index in [-0.39, 0.29) is 11.1 Å². The number of ether oxygens (including phenoxy) is 1. The lowest BCUT2D eigenvalue weighted by atomic mass is 10.0. The van der Waals surface area contributed by atoms with Crippen LogP contribution < -0.4 is 10.2 Å². The van der Waals surface area contributed by atoms with Gasteiger partial charge in [-0.15, -0.1) is 0 Å². The maximum Gasteiger partial charge on any atom is 0.326 e. The number of morpholine rings is 1. The van der Waals surface area contributed by atoms with Gasteiger partial charge in [0.2, 0.25) is 0 Å². The lowest BCUT2D eigenvalue weighted by Gasteiger charge is -2.29. The Labute approximate surface area is 248 Å². The average molecular weight is 595 g/mol. The molecule has 0 unspecified atom stereocenters. The molecule has 4 heterocycles. The van der Waals surface area contributed by atoms with Crippen LogP contribution in [0.25, 0.3) is 17.0 Å². The van der Waals surface area contributed by atoms with E-state index in [1.54, 1.807) is 24.4 Å². The Balaban J connectivity index is 1.28. The second-order valence-electron chi connectivity index (χ2n) is 10.3. The number of hydrogen-bond donors (Lipinski definition) is 1. The fourth-order valence-electron chi connectivity index (χ4n) is 5.57. The smallest absolute Gasteiger partial charge is 0.326 e. The van der Waals surface area contributed by atoms with Gasteiger partial charge in [-0.1, -0.05) is 41.4 Å². The van der Waals surface area contributed by atoms with Crippen molar-refractivity contribution >= 4 is 51.9 Å². The summed E-state index contributed by atoms with van der Waals surface area (Å²) in [6, 6.07) is 14.6. The lowest BCUT2D eigenvalue weighted by molar-refractivity contribution is 0.122. The van der Waals surface area contributed by atoms with Crippen molar-refractivity contribution in [2.45, 2.75) is 19.5 Å². The minimum Gasteiger partial charge on any atom is -0.378 e. The summed E-state index contributed by atoms with van der Waals surface area (Å²) in [5, 5.41) is 4.66. The van der Waals surface area contributed by atoms with E-state index >= 15 is 0 Å². The van der Waals surface area contributed by atoms with E-state index in [1.165, 1.54) is 6.07 Å². The van der Waals surface area contributed by atoms with Crippen LogP contribution in [0.15, 0.2) is 60.8 Å². The Kier molecular flexibility index (Phi) is 8.25. The van der Waals surface area contributed by atoms with Gasteiger partial charge in [0.15, 0.2) is 0 Å². The van der Waals surface area contributed by atoms with Gasteiger partial charge in [-0.05, 0) is 59.2 Å². The SMILES string of the molecule is O=C(NCc1ccnc(Cl)c1)n1c2c(c3cc(N4CCOCC4)ccc31)CN(C/C=C/c1ccc(Cl)c(F)c1)CC2. The number of benzene rings is 2. The largest absolute Gasteiger partial charge is 0.378 e. The number of amides is 1. The molecule has 0 radical (unpaired) electrons. The quantitative estimate of drug-likeness (QED) is 0.272. The first kappa shape index (κ1) is 27.7. The number of aromatic nitrogens is 2. The van der Waals surface area contributed by atoms with Gasteiger partial charge >= 0.3 is 6.03 Å². The zero-order valence-electron chi connectivity index (χ0n) is 22.5. The van der Waals surface area contributed by atoms with E-state index in [4.69, 9.17) is 27.9 Å². The second-order valence-corrected chi connectivity index (χ2v) is 11.1. The van der Waals surface area contributed by atoms with Gasteiger partial charge in [-0.25, -0.2) is 14.2 Å². The Bertz CT molecular complexity index is 1620. The van der Waals surface area contributed by atoms with Crippen molar-refractivity contribution in [3.63, 3.8) is 0 Å². The van der Waals surface area contributed by atoms with Gasteiger partial charge in [-0.3, -0.25) is 9.47 Å². The van der Waals surface area contributed by atoms with Crippen molar-refractivity contribution in [3.05, 3.63) is 99.2 Å². The first-order chi connectivity index (χ1) is 20.0. The number of nitrogens with one attached hydrogen (secondary N) is 1. The third-order valence-corrected chi connectivity index (χ3v) is 8.16. The molecule has 7 nitrogen and oxygen atoms in total. The van der Waals surface area contributed by atoms with Gasteiger partial charge in [0.25, 0.3) is 0 Å². The monoisotopic (exact) mass is 593 g/mol. The average Bonchev–Trinajstić information content (AvgIpc) is 3.31. The van der Waals surface area contributed by atoms with Crippen LogP contribution in [-0.4, -0.2) is 59.9 Å². The van der Waals surface area contributed by atoms with Crippen LogP contribution in [0.5, 0.6) is 0 Å². The standard InChI is InChI=1S/C31H30Cl2FN5O2/c32-26-5-3-21(16-27(26)34)2-1-10-37-11-8-29-25(20-37)24-18-23(38-12-14-41-15-13-38)4-6-28(24)39(29)31(40)36-19-22-7-9-35-30(33)17-22/h1-7,9,16-18H,8,10-15,19-20H2,(H,36,40)/b2-1+. The van der Waals surface area contributed by atoms with E-state index in [0.717, 1.165) is 65.0 Å². The Morgan fingerprint density at radius 2 is 1.93 bits per heavy atom. The summed E-state index contributed by atoms with van der Waals surface area (Å²) < 4.78 is 21.2. The zero-order chi connectivity index (χ0) is 28.3. The highest BCUT2D eigenvalue weighted by Gasteiger charge is 2.27. The highest BCUT2D eigenvalue weighted by Crippen LogP contribution is 2.34. The molecular weight excluding hydrogens is 564 g/mol. The maximum absolute atomic E-state index is 13.8. The minimum absolute atomic E-state index is 0.118. The number of rotatable bonds is 6. The molecule has 1 saturated heterocycles. The number of fused-ring (bicyclic) bond motifs is 3. The molecule has 1 N–H and O–H groups in total. The topological polar surface area (TPSA) is 62.6 Å². The number of anilines is 1. The molecule has 0 bridgehead atoms. The number of carbonyl (C=O) groups is 1. The molecule has 2 aromatic heterocycles. The van der Waals surface area contributed by atoms with Crippen molar-refractivity contribution in [2.24, 2.45) is 0 Å². The highest BCUT2D eigenvalue weighted by molar-refractivity contribution is 6.30. The zero-order valence-corrected chi connectivity index (χ0v) is 24.0. The van der Waals surface area contributed by atoms with E-state index in [0.29, 0.717) is 38.0 Å². The van der Waals surface area contributed by atoms with Gasteiger partial charge < -0.3 is 15.0 Å². The predicted molar refractivity (Wildman–Crippen MR) is 161 cm³/mol. The van der Waals surface area contributed by atoms with Crippen LogP contribution in [0.2, 0.25) is 10.2 Å². The number of halogens is 3. The summed E-state index contributed by atoms with van der Waals surface area (Å²) >= 11 is 11.9. The molecule has 6 rings (SSSR count). The van der Waals surface area contributed by atoms with Crippen molar-refractivity contribution in [1.82, 2.24) is 19.8 Å². The summed E-state index contributed by atoms with van der Waals surface area (Å²) in [4.78, 5) is 22.3. The highest BCUT2D eigenvalue weighted by atomic mass is 35.5. The van der Waals surface area contributed by atoms with Gasteiger partial charge in [-0.2, -0.15) is 0 Å². The molecule has 2 aliphatic heterocycles. The van der Waals surface area contributed by atoms with E-state index in [2.05, 4.69) is 38.3 Å². The summed E-state index contributed by atoms with van der Waals surface area (Å²) in [6.45, 7) is 5.64. The molecule has 4 aromatic rings. The van der Waals surface area contributed by atoms with E-state index in [1.807, 2.05) is 22.8 Å². The molecule has 0 spiro atoms. The first-order valence-electron chi connectivity index (χ1n) is 13.7. The molecule has 212 valence electrons. The van der Waals surface area contributed by atoms with Crippen LogP contribution >= 0.6 is 23.2 Å². The summed E-state index contributed by atoms with van der Waals surface area (Å²) in [5.41, 5.74) is 5.87. The van der Waals surface area contributed by atoms with Crippen LogP contribution in [0.1, 0.15) is 22.4 Å². The first-order valence-corrected chi connectivity index (χ1v) is 14.4. The molecular formula is C31H30Cl2FN5O2. The van der Waals surface area contributed by atoms with Crippen LogP contribution in [-0.2, 0) is 24.2 Å². The lowest BCUT2D eigenvalue weighted by Crippen LogP contribution is -2.36. The summed E-state index contributed by atoms with van der Waals surface area (Å²) in [7, 11) is 0. The Morgan fingerprint density at radius 3 is 2.73 bits per heavy atom. The molecule has 2 aliphatic rings. The van der Waals surface area contributed by atoms with Crippen molar-refractivity contribution in [1.29, 1.82) is 0 Å². The van der Waals surface area contributed by atoms with Crippen molar-refractivity contribution in [3.8, 4) is 0 Å². The molecule has 0 saturated carbocycles. The number of nitrogens with zero attached hydrogens (tertiary/aromatic N) is 4. The molecule has 1 fully saturated rings. The normalized spacial score (nSPS) is 15.9. The fourth-order valence-corrected chi connectivity index (χ4v) is 5.89. The molecule has 41 heavy (non-hydrogen) atoms. The summed E-state index contributed by atoms with van der Waals surface area (Å²) in [5.74, 6) is -0.425. The number of carbonyl (C=O) groups excluding carboxylic acids is 1. The van der Waals surface area contributed by atoms with Gasteiger partial charge in [0, 0.05) is 68.7 Å². The van der Waals surface area contributed by atoms with Crippen molar-refractivity contribution in [2.75, 3.05) is 44.3 Å². The fraction of sp³-hybridized carbons (Fsp3) is 0.290. The molecule has 1 amide bonds. The molecule has 2 aromatic carbocycles. The summed E-state index contributed by atoms with van der Waals surface area (Å²) in [6.07, 6.45) is 6.32. The van der Waals surface area contributed by atoms with Crippen molar-refractivity contribution < 1.29 is 13.9 Å². The van der Waals surface area contributed by atoms with Crippen LogP contribution in [0.4, 0.5) is 14.9 Å². The number of hydrogen-bond acceptors (Lipinski definition) is 5. The second kappa shape index (κ2) is 12.2. The Hall–Kier alpha value is -3.43. The van der Waals surface area contributed by atoms with Crippen LogP contribution in [0.3, 0.4) is 0 Å². The van der Waals surface area contributed by atoms with Gasteiger partial charge in [0.1, 0.15) is 11.0 Å². The maximum atomic E-state index is 13.8. The van der Waals surface area contributed by atoms with Gasteiger partial charge in [0.05, 0.1) is 23.8 Å². The molecule has 0 aliphatic carbocycles. The minimum atomic E-state index is -0.425. The van der Waals surface area contributed by atoms with E-state index < -0.39 is 5.82 Å². The number of pyridine rings is 1. The molecule has 10 heteroatoms. The Morgan fingerprint density at radius 1 is 1.07 bits per heavy atom. The predicted octanol–water partition coefficient (Wildman–Crippen LogP) is 6.15. The third-order valence-electron chi connectivity index (χ3n) is 7.64. The van der Waals surface area contributed by atoms with E-state index in [9.17, 15) is 9.18 Å². The van der Waals surface area contributed by atoms with Crippen LogP contribution in [0, 0.1) is 5.82 Å².